The average Bonchev–Trinajstić information content (AvgIpc) is 2.71. The van der Waals surface area contributed by atoms with E-state index >= 15 is 0 Å². The lowest BCUT2D eigenvalue weighted by atomic mass is 9.80. The number of rotatable bonds is 5. The Morgan fingerprint density at radius 3 is 2.71 bits per heavy atom. The number of fused-ring (bicyclic) bond motifs is 1. The molecule has 5 nitrogen and oxygen atoms in total. The van der Waals surface area contributed by atoms with Crippen LogP contribution < -0.4 is 10.5 Å². The quantitative estimate of drug-likeness (QED) is 0.919. The third-order valence-corrected chi connectivity index (χ3v) is 4.28. The van der Waals surface area contributed by atoms with Crippen LogP contribution in [0.5, 0.6) is 5.75 Å². The Bertz CT molecular complexity index is 639. The van der Waals surface area contributed by atoms with E-state index in [1.54, 1.807) is 7.11 Å². The van der Waals surface area contributed by atoms with E-state index in [-0.39, 0.29) is 11.7 Å². The summed E-state index contributed by atoms with van der Waals surface area (Å²) in [5.74, 6) is 1.31. The first-order chi connectivity index (χ1) is 10.0. The number of nitrogen functional groups attached to an aromatic ring is 1. The van der Waals surface area contributed by atoms with Crippen molar-refractivity contribution in [1.82, 2.24) is 9.55 Å². The maximum absolute atomic E-state index is 6.13. The second kappa shape index (κ2) is 5.22. The number of anilines is 1. The molecule has 0 spiro atoms. The highest BCUT2D eigenvalue weighted by Crippen LogP contribution is 2.38. The van der Waals surface area contributed by atoms with Gasteiger partial charge in [-0.2, -0.15) is 0 Å². The van der Waals surface area contributed by atoms with Crippen molar-refractivity contribution in [1.29, 1.82) is 0 Å². The monoisotopic (exact) mass is 289 g/mol. The second-order valence-electron chi connectivity index (χ2n) is 6.09. The van der Waals surface area contributed by atoms with E-state index < -0.39 is 0 Å². The summed E-state index contributed by atoms with van der Waals surface area (Å²) in [7, 11) is 1.78. The second-order valence-corrected chi connectivity index (χ2v) is 6.09. The highest BCUT2D eigenvalue weighted by Gasteiger charge is 2.38. The summed E-state index contributed by atoms with van der Waals surface area (Å²) in [6.45, 7) is 4.76. The Balaban J connectivity index is 2.01. The summed E-state index contributed by atoms with van der Waals surface area (Å²) in [5, 5.41) is 0. The summed E-state index contributed by atoms with van der Waals surface area (Å²) in [4.78, 5) is 4.50. The number of hydrogen-bond donors (Lipinski definition) is 1. The number of aromatic nitrogens is 2. The van der Waals surface area contributed by atoms with Crippen LogP contribution in [0.3, 0.4) is 0 Å². The van der Waals surface area contributed by atoms with Gasteiger partial charge in [0.1, 0.15) is 11.3 Å². The van der Waals surface area contributed by atoms with Gasteiger partial charge in [0, 0.05) is 7.11 Å². The van der Waals surface area contributed by atoms with Crippen LogP contribution in [0.4, 0.5) is 5.95 Å². The number of hydrogen-bond acceptors (Lipinski definition) is 4. The predicted molar refractivity (Wildman–Crippen MR) is 83.5 cm³/mol. The summed E-state index contributed by atoms with van der Waals surface area (Å²) < 4.78 is 13.6. The van der Waals surface area contributed by atoms with Gasteiger partial charge in [-0.1, -0.05) is 6.07 Å². The van der Waals surface area contributed by atoms with Crippen molar-refractivity contribution >= 4 is 17.0 Å². The Hall–Kier alpha value is -1.75. The number of imidazole rings is 1. The van der Waals surface area contributed by atoms with Gasteiger partial charge in [-0.05, 0) is 45.2 Å². The van der Waals surface area contributed by atoms with Crippen molar-refractivity contribution in [2.75, 3.05) is 12.8 Å². The molecule has 1 aliphatic carbocycles. The molecule has 0 aliphatic heterocycles. The minimum Gasteiger partial charge on any atom is -0.489 e. The van der Waals surface area contributed by atoms with Gasteiger partial charge in [-0.15, -0.1) is 0 Å². The Morgan fingerprint density at radius 2 is 2.14 bits per heavy atom. The van der Waals surface area contributed by atoms with Crippen LogP contribution in [0.2, 0.25) is 0 Å². The van der Waals surface area contributed by atoms with Gasteiger partial charge in [0.25, 0.3) is 0 Å². The van der Waals surface area contributed by atoms with Crippen LogP contribution in [-0.2, 0) is 11.3 Å². The van der Waals surface area contributed by atoms with Crippen molar-refractivity contribution in [2.24, 2.45) is 0 Å². The van der Waals surface area contributed by atoms with Crippen molar-refractivity contribution in [3.05, 3.63) is 18.2 Å². The first-order valence-corrected chi connectivity index (χ1v) is 7.51. The van der Waals surface area contributed by atoms with Crippen LogP contribution in [0.15, 0.2) is 18.2 Å². The van der Waals surface area contributed by atoms with Gasteiger partial charge in [0.2, 0.25) is 5.95 Å². The third-order valence-electron chi connectivity index (χ3n) is 4.28. The minimum atomic E-state index is -0.0866. The molecule has 1 saturated carbocycles. The maximum Gasteiger partial charge on any atom is 0.201 e. The molecule has 0 unspecified atom stereocenters. The first kappa shape index (κ1) is 14.2. The molecule has 0 atom stereocenters. The summed E-state index contributed by atoms with van der Waals surface area (Å²) in [6, 6.07) is 5.96. The number of nitrogens with two attached hydrogens (primary N) is 1. The van der Waals surface area contributed by atoms with E-state index in [0.717, 1.165) is 36.2 Å². The molecule has 2 N–H and O–H groups in total. The number of para-hydroxylation sites is 1. The van der Waals surface area contributed by atoms with E-state index in [1.165, 1.54) is 6.42 Å². The molecular weight excluding hydrogens is 266 g/mol. The van der Waals surface area contributed by atoms with Gasteiger partial charge in [-0.3, -0.25) is 0 Å². The van der Waals surface area contributed by atoms with Crippen molar-refractivity contribution < 1.29 is 9.47 Å². The summed E-state index contributed by atoms with van der Waals surface area (Å²) in [5.41, 5.74) is 7.88. The topological polar surface area (TPSA) is 62.3 Å². The fourth-order valence-electron chi connectivity index (χ4n) is 2.94. The first-order valence-electron chi connectivity index (χ1n) is 7.51. The lowest BCUT2D eigenvalue weighted by molar-refractivity contribution is -0.0824. The number of nitrogens with zero attached hydrogens (tertiary/aromatic N) is 2. The highest BCUT2D eigenvalue weighted by molar-refractivity contribution is 5.84. The SMILES string of the molecule is COC1(Cn2c(N)nc3c(OC(C)C)cccc32)CCC1. The van der Waals surface area contributed by atoms with E-state index in [4.69, 9.17) is 15.2 Å². The van der Waals surface area contributed by atoms with Gasteiger partial charge >= 0.3 is 0 Å². The Labute approximate surface area is 125 Å². The molecule has 3 rings (SSSR count). The van der Waals surface area contributed by atoms with Crippen molar-refractivity contribution in [2.45, 2.75) is 51.4 Å². The average molecular weight is 289 g/mol. The maximum atomic E-state index is 6.13. The molecule has 0 bridgehead atoms. The van der Waals surface area contributed by atoms with Crippen molar-refractivity contribution in [3.8, 4) is 5.75 Å². The lowest BCUT2D eigenvalue weighted by Gasteiger charge is -2.40. The zero-order valence-corrected chi connectivity index (χ0v) is 12.9. The standard InChI is InChI=1S/C16H23N3O2/c1-11(2)21-13-7-4-6-12-14(13)18-15(17)19(12)10-16(20-3)8-5-9-16/h4,6-7,11H,5,8-10H2,1-3H3,(H2,17,18). The Kier molecular flexibility index (Phi) is 3.53. The van der Waals surface area contributed by atoms with Gasteiger partial charge in [0.05, 0.1) is 23.8 Å². The van der Waals surface area contributed by atoms with Gasteiger partial charge < -0.3 is 19.8 Å². The molecule has 1 aromatic heterocycles. The van der Waals surface area contributed by atoms with E-state index in [0.29, 0.717) is 5.95 Å². The molecule has 1 aliphatic rings. The fourth-order valence-corrected chi connectivity index (χ4v) is 2.94. The third kappa shape index (κ3) is 2.46. The molecule has 5 heteroatoms. The molecule has 2 aromatic rings. The van der Waals surface area contributed by atoms with Gasteiger partial charge in [-0.25, -0.2) is 4.98 Å². The molecule has 0 saturated heterocycles. The molecule has 0 radical (unpaired) electrons. The van der Waals surface area contributed by atoms with E-state index in [1.807, 2.05) is 36.6 Å². The summed E-state index contributed by atoms with van der Waals surface area (Å²) >= 11 is 0. The fraction of sp³-hybridized carbons (Fsp3) is 0.562. The van der Waals surface area contributed by atoms with Crippen LogP contribution in [0.1, 0.15) is 33.1 Å². The zero-order valence-electron chi connectivity index (χ0n) is 12.9. The van der Waals surface area contributed by atoms with Crippen LogP contribution in [0.25, 0.3) is 11.0 Å². The molecule has 0 amide bonds. The zero-order chi connectivity index (χ0) is 15.0. The smallest absolute Gasteiger partial charge is 0.201 e. The predicted octanol–water partition coefficient (Wildman–Crippen LogP) is 2.97. The Morgan fingerprint density at radius 1 is 1.38 bits per heavy atom. The number of benzene rings is 1. The van der Waals surface area contributed by atoms with E-state index in [9.17, 15) is 0 Å². The lowest BCUT2D eigenvalue weighted by Crippen LogP contribution is -2.43. The van der Waals surface area contributed by atoms with Gasteiger partial charge in [0.15, 0.2) is 0 Å². The van der Waals surface area contributed by atoms with E-state index in [2.05, 4.69) is 4.98 Å². The summed E-state index contributed by atoms with van der Waals surface area (Å²) in [6.07, 6.45) is 3.47. The van der Waals surface area contributed by atoms with Crippen molar-refractivity contribution in [3.63, 3.8) is 0 Å². The molecule has 114 valence electrons. The largest absolute Gasteiger partial charge is 0.489 e. The molecule has 1 aromatic carbocycles. The highest BCUT2D eigenvalue weighted by atomic mass is 16.5. The molecule has 1 heterocycles. The normalized spacial score (nSPS) is 17.1. The number of ether oxygens (including phenoxy) is 2. The van der Waals surface area contributed by atoms with Crippen LogP contribution in [0, 0.1) is 0 Å². The minimum absolute atomic E-state index is 0.0866. The number of methoxy groups -OCH3 is 1. The van der Waals surface area contributed by atoms with Crippen LogP contribution in [-0.4, -0.2) is 28.4 Å². The van der Waals surface area contributed by atoms with Crippen LogP contribution >= 0.6 is 0 Å². The molecule has 21 heavy (non-hydrogen) atoms. The molecule has 1 fully saturated rings. The molecular formula is C16H23N3O2.